The van der Waals surface area contributed by atoms with Gasteiger partial charge < -0.3 is 4.42 Å². The largest absolute Gasteiger partial charge is 0.449 e. The van der Waals surface area contributed by atoms with E-state index in [-0.39, 0.29) is 5.91 Å². The highest BCUT2D eigenvalue weighted by molar-refractivity contribution is 14.1. The van der Waals surface area contributed by atoms with Crippen LogP contribution in [-0.4, -0.2) is 12.1 Å². The Balaban J connectivity index is 2.01. The Hall–Kier alpha value is -1.15. The van der Waals surface area contributed by atoms with Crippen LogP contribution in [-0.2, 0) is 0 Å². The Morgan fingerprint density at radius 2 is 2.11 bits per heavy atom. The lowest BCUT2D eigenvalue weighted by Crippen LogP contribution is -2.17. The topological polar surface area (TPSA) is 54.6 Å². The molecule has 4 nitrogen and oxygen atoms in total. The van der Waals surface area contributed by atoms with Gasteiger partial charge in [-0.2, -0.15) is 5.10 Å². The maximum atomic E-state index is 11.8. The number of carbonyl (C=O) groups excluding carboxylic acids is 1. The van der Waals surface area contributed by atoms with E-state index in [0.29, 0.717) is 11.3 Å². The number of amides is 1. The minimum atomic E-state index is -0.278. The zero-order chi connectivity index (χ0) is 13.0. The number of carbonyl (C=O) groups is 1. The van der Waals surface area contributed by atoms with Gasteiger partial charge in [0, 0.05) is 4.47 Å². The molecule has 0 unspecified atom stereocenters. The highest BCUT2D eigenvalue weighted by Crippen LogP contribution is 2.15. The lowest BCUT2D eigenvalue weighted by molar-refractivity contribution is 0.0954. The molecule has 0 saturated heterocycles. The number of hydrogen-bond donors (Lipinski definition) is 1. The van der Waals surface area contributed by atoms with Gasteiger partial charge in [-0.15, -0.1) is 0 Å². The molecule has 2 rings (SSSR count). The lowest BCUT2D eigenvalue weighted by Gasteiger charge is -2.01. The zero-order valence-electron chi connectivity index (χ0n) is 9.06. The highest BCUT2D eigenvalue weighted by atomic mass is 127. The Labute approximate surface area is 126 Å². The predicted octanol–water partition coefficient (Wildman–Crippen LogP) is 3.41. The molecule has 2 aromatic rings. The van der Waals surface area contributed by atoms with Crippen LogP contribution < -0.4 is 5.43 Å². The van der Waals surface area contributed by atoms with Gasteiger partial charge in [0.05, 0.1) is 11.8 Å². The van der Waals surface area contributed by atoms with Crippen molar-refractivity contribution in [2.24, 2.45) is 5.10 Å². The standard InChI is InChI=1S/C12H8BrIN2O2/c13-10-4-2-1-3-9(10)12(17)16-15-7-8-5-6-11(14)18-8/h1-7H,(H,16,17)/b15-7+. The average molecular weight is 419 g/mol. The summed E-state index contributed by atoms with van der Waals surface area (Å²) in [5, 5.41) is 3.83. The smallest absolute Gasteiger partial charge is 0.272 e. The number of nitrogens with one attached hydrogen (secondary N) is 1. The van der Waals surface area contributed by atoms with E-state index in [0.717, 1.165) is 8.24 Å². The van der Waals surface area contributed by atoms with Crippen LogP contribution in [0.2, 0.25) is 0 Å². The van der Waals surface area contributed by atoms with Crippen molar-refractivity contribution in [1.29, 1.82) is 0 Å². The molecule has 0 radical (unpaired) electrons. The van der Waals surface area contributed by atoms with Crippen LogP contribution in [0.4, 0.5) is 0 Å². The molecule has 0 aliphatic rings. The number of nitrogens with zero attached hydrogens (tertiary/aromatic N) is 1. The van der Waals surface area contributed by atoms with Crippen LogP contribution in [0.15, 0.2) is 50.4 Å². The first-order valence-electron chi connectivity index (χ1n) is 5.00. The summed E-state index contributed by atoms with van der Waals surface area (Å²) in [4.78, 5) is 11.8. The quantitative estimate of drug-likeness (QED) is 0.471. The fourth-order valence-electron chi connectivity index (χ4n) is 1.26. The Morgan fingerprint density at radius 3 is 2.78 bits per heavy atom. The molecule has 1 amide bonds. The second-order valence-corrected chi connectivity index (χ2v) is 5.24. The first kappa shape index (κ1) is 13.3. The third kappa shape index (κ3) is 3.42. The van der Waals surface area contributed by atoms with Gasteiger partial charge >= 0.3 is 0 Å². The van der Waals surface area contributed by atoms with Gasteiger partial charge in [0.25, 0.3) is 5.91 Å². The van der Waals surface area contributed by atoms with Crippen molar-refractivity contribution < 1.29 is 9.21 Å². The summed E-state index contributed by atoms with van der Waals surface area (Å²) in [6.45, 7) is 0. The number of hydrazone groups is 1. The van der Waals surface area contributed by atoms with Crippen LogP contribution in [0.5, 0.6) is 0 Å². The third-order valence-electron chi connectivity index (χ3n) is 2.07. The molecule has 18 heavy (non-hydrogen) atoms. The fourth-order valence-corrected chi connectivity index (χ4v) is 2.16. The third-order valence-corrected chi connectivity index (χ3v) is 3.34. The van der Waals surface area contributed by atoms with Gasteiger partial charge in [-0.05, 0) is 62.8 Å². The summed E-state index contributed by atoms with van der Waals surface area (Å²) < 4.78 is 6.77. The van der Waals surface area contributed by atoms with Gasteiger partial charge in [0.2, 0.25) is 0 Å². The van der Waals surface area contributed by atoms with Gasteiger partial charge in [-0.1, -0.05) is 12.1 Å². The number of benzene rings is 1. The van der Waals surface area contributed by atoms with E-state index in [1.54, 1.807) is 24.3 Å². The number of rotatable bonds is 3. The molecule has 0 aliphatic carbocycles. The van der Waals surface area contributed by atoms with Crippen LogP contribution in [0, 0.1) is 3.77 Å². The molecule has 92 valence electrons. The molecule has 0 aliphatic heterocycles. The molecule has 1 N–H and O–H groups in total. The van der Waals surface area contributed by atoms with Gasteiger partial charge in [0.1, 0.15) is 5.76 Å². The summed E-state index contributed by atoms with van der Waals surface area (Å²) in [7, 11) is 0. The van der Waals surface area contributed by atoms with E-state index in [1.165, 1.54) is 6.21 Å². The van der Waals surface area contributed by atoms with Gasteiger partial charge in [0.15, 0.2) is 3.77 Å². The Bertz CT molecular complexity index is 595. The maximum absolute atomic E-state index is 11.8. The van der Waals surface area contributed by atoms with E-state index < -0.39 is 0 Å². The van der Waals surface area contributed by atoms with Crippen LogP contribution >= 0.6 is 38.5 Å². The number of furan rings is 1. The molecular weight excluding hydrogens is 411 g/mol. The monoisotopic (exact) mass is 418 g/mol. The predicted molar refractivity (Wildman–Crippen MR) is 80.6 cm³/mol. The first-order valence-corrected chi connectivity index (χ1v) is 6.87. The Kier molecular flexibility index (Phi) is 4.54. The molecule has 0 bridgehead atoms. The molecule has 0 atom stereocenters. The van der Waals surface area contributed by atoms with Crippen molar-refractivity contribution in [2.75, 3.05) is 0 Å². The molecule has 1 aromatic carbocycles. The number of hydrogen-bond acceptors (Lipinski definition) is 3. The van der Waals surface area contributed by atoms with Crippen molar-refractivity contribution >= 4 is 50.6 Å². The maximum Gasteiger partial charge on any atom is 0.272 e. The zero-order valence-corrected chi connectivity index (χ0v) is 12.8. The van der Waals surface area contributed by atoms with E-state index in [4.69, 9.17) is 4.42 Å². The van der Waals surface area contributed by atoms with Crippen molar-refractivity contribution in [3.05, 3.63) is 56.0 Å². The van der Waals surface area contributed by atoms with Crippen molar-refractivity contribution in [3.8, 4) is 0 Å². The summed E-state index contributed by atoms with van der Waals surface area (Å²) in [6.07, 6.45) is 1.46. The van der Waals surface area contributed by atoms with E-state index in [2.05, 4.69) is 49.0 Å². The molecule has 1 heterocycles. The fraction of sp³-hybridized carbons (Fsp3) is 0. The summed E-state index contributed by atoms with van der Waals surface area (Å²) >= 11 is 5.36. The second kappa shape index (κ2) is 6.14. The van der Waals surface area contributed by atoms with Crippen molar-refractivity contribution in [1.82, 2.24) is 5.43 Å². The SMILES string of the molecule is O=C(N/N=C/c1ccc(I)o1)c1ccccc1Br. The van der Waals surface area contributed by atoms with Gasteiger partial charge in [-0.25, -0.2) is 5.43 Å². The second-order valence-electron chi connectivity index (χ2n) is 3.32. The van der Waals surface area contributed by atoms with Crippen molar-refractivity contribution in [3.63, 3.8) is 0 Å². The van der Waals surface area contributed by atoms with E-state index in [9.17, 15) is 4.79 Å². The normalized spacial score (nSPS) is 10.8. The minimum absolute atomic E-state index is 0.278. The lowest BCUT2D eigenvalue weighted by atomic mass is 10.2. The average Bonchev–Trinajstić information content (AvgIpc) is 2.75. The van der Waals surface area contributed by atoms with E-state index in [1.807, 2.05) is 12.1 Å². The van der Waals surface area contributed by atoms with E-state index >= 15 is 0 Å². The van der Waals surface area contributed by atoms with Crippen LogP contribution in [0.1, 0.15) is 16.1 Å². The first-order chi connectivity index (χ1) is 8.66. The number of halogens is 2. The summed E-state index contributed by atoms with van der Waals surface area (Å²) in [6, 6.07) is 10.7. The molecule has 0 saturated carbocycles. The molecule has 1 aromatic heterocycles. The molecule has 0 fully saturated rings. The molecule has 6 heteroatoms. The van der Waals surface area contributed by atoms with Crippen molar-refractivity contribution in [2.45, 2.75) is 0 Å². The Morgan fingerprint density at radius 1 is 1.33 bits per heavy atom. The van der Waals surface area contributed by atoms with Crippen LogP contribution in [0.25, 0.3) is 0 Å². The highest BCUT2D eigenvalue weighted by Gasteiger charge is 2.07. The minimum Gasteiger partial charge on any atom is -0.449 e. The summed E-state index contributed by atoms with van der Waals surface area (Å²) in [5.74, 6) is 0.312. The van der Waals surface area contributed by atoms with Crippen LogP contribution in [0.3, 0.4) is 0 Å². The van der Waals surface area contributed by atoms with Gasteiger partial charge in [-0.3, -0.25) is 4.79 Å². The summed E-state index contributed by atoms with van der Waals surface area (Å²) in [5.41, 5.74) is 2.97. The molecular formula is C12H8BrIN2O2. The molecule has 0 spiro atoms.